The van der Waals surface area contributed by atoms with Crippen LogP contribution in [0.15, 0.2) is 0 Å². The van der Waals surface area contributed by atoms with Crippen molar-refractivity contribution in [3.63, 3.8) is 0 Å². The van der Waals surface area contributed by atoms with Crippen LogP contribution in [0, 0.1) is 23.7 Å². The van der Waals surface area contributed by atoms with Gasteiger partial charge in [-0.2, -0.15) is 0 Å². The summed E-state index contributed by atoms with van der Waals surface area (Å²) in [6.45, 7) is 4.89. The molecule has 0 heterocycles. The van der Waals surface area contributed by atoms with Crippen LogP contribution >= 0.6 is 0 Å². The summed E-state index contributed by atoms with van der Waals surface area (Å²) in [5.74, 6) is 4.33. The molecule has 0 aromatic carbocycles. The van der Waals surface area contributed by atoms with Crippen molar-refractivity contribution in [1.82, 2.24) is 0 Å². The van der Waals surface area contributed by atoms with Crippen LogP contribution in [-0.4, -0.2) is 0 Å². The Morgan fingerprint density at radius 1 is 1.00 bits per heavy atom. The van der Waals surface area contributed by atoms with E-state index in [1.54, 1.807) is 19.3 Å². The first-order chi connectivity index (χ1) is 6.83. The van der Waals surface area contributed by atoms with Crippen LogP contribution in [-0.2, 0) is 0 Å². The van der Waals surface area contributed by atoms with Gasteiger partial charge in [0.25, 0.3) is 0 Å². The minimum absolute atomic E-state index is 1.04. The van der Waals surface area contributed by atoms with E-state index in [9.17, 15) is 0 Å². The summed E-state index contributed by atoms with van der Waals surface area (Å²) in [6, 6.07) is 0. The van der Waals surface area contributed by atoms with Crippen molar-refractivity contribution in [2.75, 3.05) is 0 Å². The van der Waals surface area contributed by atoms with Gasteiger partial charge in [0.1, 0.15) is 0 Å². The molecule has 2 fully saturated rings. The molecule has 0 bridgehead atoms. The molecule has 0 aromatic heterocycles. The fourth-order valence-corrected chi connectivity index (χ4v) is 4.11. The van der Waals surface area contributed by atoms with Crippen LogP contribution in [0.4, 0.5) is 0 Å². The Labute approximate surface area is 89.5 Å². The quantitative estimate of drug-likeness (QED) is 0.601. The molecule has 2 aliphatic rings. The lowest BCUT2D eigenvalue weighted by Crippen LogP contribution is -2.35. The van der Waals surface area contributed by atoms with Gasteiger partial charge in [-0.1, -0.05) is 46.0 Å². The Balaban J connectivity index is 1.96. The molecule has 0 spiro atoms. The van der Waals surface area contributed by atoms with Gasteiger partial charge < -0.3 is 0 Å². The van der Waals surface area contributed by atoms with Gasteiger partial charge in [-0.25, -0.2) is 0 Å². The minimum atomic E-state index is 1.04. The van der Waals surface area contributed by atoms with Gasteiger partial charge in [-0.3, -0.25) is 0 Å². The van der Waals surface area contributed by atoms with Crippen molar-refractivity contribution in [2.45, 2.75) is 65.2 Å². The monoisotopic (exact) mass is 194 g/mol. The third-order valence-electron chi connectivity index (χ3n) is 4.95. The lowest BCUT2D eigenvalue weighted by atomic mass is 9.61. The fourth-order valence-electron chi connectivity index (χ4n) is 4.11. The van der Waals surface area contributed by atoms with E-state index in [-0.39, 0.29) is 0 Å². The number of rotatable bonds is 2. The molecule has 0 saturated heterocycles. The van der Waals surface area contributed by atoms with Crippen molar-refractivity contribution in [3.05, 3.63) is 0 Å². The van der Waals surface area contributed by atoms with E-state index in [1.165, 1.54) is 32.1 Å². The van der Waals surface area contributed by atoms with E-state index in [0.29, 0.717) is 0 Å². The highest BCUT2D eigenvalue weighted by molar-refractivity contribution is 4.87. The summed E-state index contributed by atoms with van der Waals surface area (Å²) in [5, 5.41) is 0. The normalized spacial score (nSPS) is 43.3. The van der Waals surface area contributed by atoms with Gasteiger partial charge >= 0.3 is 0 Å². The predicted octanol–water partition coefficient (Wildman–Crippen LogP) is 4.64. The second-order valence-electron chi connectivity index (χ2n) is 5.69. The van der Waals surface area contributed by atoms with Gasteiger partial charge in [-0.05, 0) is 42.9 Å². The molecule has 0 aliphatic heterocycles. The molecule has 2 aliphatic carbocycles. The van der Waals surface area contributed by atoms with E-state index in [0.717, 1.165) is 23.7 Å². The minimum Gasteiger partial charge on any atom is -0.0654 e. The maximum Gasteiger partial charge on any atom is -0.0357 e. The second-order valence-corrected chi connectivity index (χ2v) is 5.69. The average Bonchev–Trinajstić information content (AvgIpc) is 2.23. The van der Waals surface area contributed by atoms with Crippen molar-refractivity contribution < 1.29 is 0 Å². The SMILES string of the molecule is CCCC1CCC2CCCCC2C1C. The maximum absolute atomic E-state index is 2.54. The molecule has 0 heteroatoms. The van der Waals surface area contributed by atoms with Gasteiger partial charge in [-0.15, -0.1) is 0 Å². The lowest BCUT2D eigenvalue weighted by Gasteiger charge is -2.44. The van der Waals surface area contributed by atoms with Crippen LogP contribution in [0.2, 0.25) is 0 Å². The summed E-state index contributed by atoms with van der Waals surface area (Å²) in [7, 11) is 0. The van der Waals surface area contributed by atoms with Crippen LogP contribution in [0.25, 0.3) is 0 Å². The average molecular weight is 194 g/mol. The zero-order chi connectivity index (χ0) is 9.97. The van der Waals surface area contributed by atoms with Gasteiger partial charge in [0.15, 0.2) is 0 Å². The molecule has 4 unspecified atom stereocenters. The Morgan fingerprint density at radius 2 is 1.79 bits per heavy atom. The van der Waals surface area contributed by atoms with E-state index in [4.69, 9.17) is 0 Å². The molecule has 2 saturated carbocycles. The van der Waals surface area contributed by atoms with Crippen molar-refractivity contribution in [1.29, 1.82) is 0 Å². The Bertz CT molecular complexity index is 173. The number of hydrogen-bond acceptors (Lipinski definition) is 0. The summed E-state index contributed by atoms with van der Waals surface area (Å²) in [5.41, 5.74) is 0. The Morgan fingerprint density at radius 3 is 2.57 bits per heavy atom. The van der Waals surface area contributed by atoms with Crippen molar-refractivity contribution in [3.8, 4) is 0 Å². The van der Waals surface area contributed by atoms with Crippen LogP contribution in [0.3, 0.4) is 0 Å². The Kier molecular flexibility index (Phi) is 3.52. The Hall–Kier alpha value is 0. The largest absolute Gasteiger partial charge is 0.0654 e. The van der Waals surface area contributed by atoms with Crippen molar-refractivity contribution >= 4 is 0 Å². The smallest absolute Gasteiger partial charge is 0.0357 e. The van der Waals surface area contributed by atoms with Gasteiger partial charge in [0.05, 0.1) is 0 Å². The molecule has 14 heavy (non-hydrogen) atoms. The molecule has 2 rings (SSSR count). The fraction of sp³-hybridized carbons (Fsp3) is 1.00. The zero-order valence-corrected chi connectivity index (χ0v) is 9.97. The highest BCUT2D eigenvalue weighted by Gasteiger charge is 2.36. The molecular weight excluding hydrogens is 168 g/mol. The molecule has 0 aromatic rings. The molecule has 0 radical (unpaired) electrons. The highest BCUT2D eigenvalue weighted by atomic mass is 14.4. The summed E-state index contributed by atoms with van der Waals surface area (Å²) < 4.78 is 0. The second kappa shape index (κ2) is 4.68. The topological polar surface area (TPSA) is 0 Å². The highest BCUT2D eigenvalue weighted by Crippen LogP contribution is 2.47. The first-order valence-electron chi connectivity index (χ1n) is 6.83. The first kappa shape index (κ1) is 10.5. The standard InChI is InChI=1S/C14H26/c1-3-6-12-9-10-13-7-4-5-8-14(13)11(12)2/h11-14H,3-10H2,1-2H3. The van der Waals surface area contributed by atoms with Crippen LogP contribution in [0.5, 0.6) is 0 Å². The van der Waals surface area contributed by atoms with Crippen LogP contribution in [0.1, 0.15) is 65.2 Å². The van der Waals surface area contributed by atoms with Gasteiger partial charge in [0, 0.05) is 0 Å². The predicted molar refractivity (Wildman–Crippen MR) is 62.2 cm³/mol. The lowest BCUT2D eigenvalue weighted by molar-refractivity contribution is 0.0612. The third kappa shape index (κ3) is 1.99. The maximum atomic E-state index is 2.54. The van der Waals surface area contributed by atoms with Crippen molar-refractivity contribution in [2.24, 2.45) is 23.7 Å². The molecule has 0 nitrogen and oxygen atoms in total. The third-order valence-corrected chi connectivity index (χ3v) is 4.95. The summed E-state index contributed by atoms with van der Waals surface area (Å²) in [6.07, 6.45) is 12.1. The summed E-state index contributed by atoms with van der Waals surface area (Å²) >= 11 is 0. The molecular formula is C14H26. The van der Waals surface area contributed by atoms with Crippen LogP contribution < -0.4 is 0 Å². The van der Waals surface area contributed by atoms with E-state index >= 15 is 0 Å². The van der Waals surface area contributed by atoms with Gasteiger partial charge in [0.2, 0.25) is 0 Å². The molecule has 82 valence electrons. The van der Waals surface area contributed by atoms with E-state index in [2.05, 4.69) is 13.8 Å². The first-order valence-corrected chi connectivity index (χ1v) is 6.83. The van der Waals surface area contributed by atoms with E-state index in [1.807, 2.05) is 0 Å². The molecule has 0 amide bonds. The molecule has 4 atom stereocenters. The molecule has 0 N–H and O–H groups in total. The number of hydrogen-bond donors (Lipinski definition) is 0. The number of fused-ring (bicyclic) bond motifs is 1. The van der Waals surface area contributed by atoms with E-state index < -0.39 is 0 Å². The zero-order valence-electron chi connectivity index (χ0n) is 9.97. The summed E-state index contributed by atoms with van der Waals surface area (Å²) in [4.78, 5) is 0.